The summed E-state index contributed by atoms with van der Waals surface area (Å²) < 4.78 is 20.8. The quantitative estimate of drug-likeness (QED) is 0.544. The summed E-state index contributed by atoms with van der Waals surface area (Å²) in [5, 5.41) is 7.30. The normalized spacial score (nSPS) is 10.9. The summed E-state index contributed by atoms with van der Waals surface area (Å²) in [7, 11) is 1.58. The van der Waals surface area contributed by atoms with Crippen LogP contribution in [0.2, 0.25) is 0 Å². The number of nitrogens with one attached hydrogen (secondary N) is 1. The zero-order chi connectivity index (χ0) is 20.4. The molecule has 0 bridgehead atoms. The number of ether oxygens (including phenoxy) is 1. The molecule has 0 saturated carbocycles. The molecule has 0 unspecified atom stereocenters. The van der Waals surface area contributed by atoms with Crippen LogP contribution in [0.25, 0.3) is 27.9 Å². The van der Waals surface area contributed by atoms with Crippen LogP contribution in [-0.4, -0.2) is 29.2 Å². The maximum absolute atomic E-state index is 13.4. The van der Waals surface area contributed by atoms with Crippen LogP contribution in [0.4, 0.5) is 4.39 Å². The van der Waals surface area contributed by atoms with Gasteiger partial charge in [-0.15, -0.1) is 0 Å². The number of hydrogen-bond acceptors (Lipinski definition) is 3. The van der Waals surface area contributed by atoms with Gasteiger partial charge in [-0.3, -0.25) is 4.79 Å². The third-order valence-electron chi connectivity index (χ3n) is 4.70. The van der Waals surface area contributed by atoms with Gasteiger partial charge >= 0.3 is 0 Å². The molecule has 29 heavy (non-hydrogen) atoms. The Morgan fingerprint density at radius 3 is 2.52 bits per heavy atom. The van der Waals surface area contributed by atoms with Crippen LogP contribution in [0.5, 0.6) is 5.75 Å². The van der Waals surface area contributed by atoms with E-state index in [-0.39, 0.29) is 11.7 Å². The third kappa shape index (κ3) is 3.45. The SMILES string of the molecule is CCOc1ccccc1-c1ccc2c(C(=O)NC)c(-c3ccc(F)cc3)nn2c1. The van der Waals surface area contributed by atoms with Crippen molar-refractivity contribution in [1.82, 2.24) is 14.9 Å². The molecular weight excluding hydrogens is 369 g/mol. The van der Waals surface area contributed by atoms with Crippen LogP contribution in [0.3, 0.4) is 0 Å². The molecule has 0 saturated heterocycles. The van der Waals surface area contributed by atoms with Gasteiger partial charge in [0.05, 0.1) is 17.7 Å². The van der Waals surface area contributed by atoms with Crippen LogP contribution < -0.4 is 10.1 Å². The number of fused-ring (bicyclic) bond motifs is 1. The lowest BCUT2D eigenvalue weighted by atomic mass is 10.0. The van der Waals surface area contributed by atoms with E-state index in [0.29, 0.717) is 28.9 Å². The number of nitrogens with zero attached hydrogens (tertiary/aromatic N) is 2. The Hall–Kier alpha value is -3.67. The lowest BCUT2D eigenvalue weighted by Gasteiger charge is -2.10. The Labute approximate surface area is 167 Å². The number of amides is 1. The van der Waals surface area contributed by atoms with Crippen molar-refractivity contribution >= 4 is 11.4 Å². The van der Waals surface area contributed by atoms with Gasteiger partial charge in [0.2, 0.25) is 0 Å². The Kier molecular flexibility index (Phi) is 4.99. The molecule has 0 aliphatic rings. The molecule has 4 rings (SSSR count). The number of carbonyl (C=O) groups excluding carboxylic acids is 1. The van der Waals surface area contributed by atoms with E-state index in [4.69, 9.17) is 4.74 Å². The number of hydrogen-bond donors (Lipinski definition) is 1. The molecule has 2 aromatic carbocycles. The second kappa shape index (κ2) is 7.75. The fourth-order valence-electron chi connectivity index (χ4n) is 3.35. The number of rotatable bonds is 5. The number of halogens is 1. The van der Waals surface area contributed by atoms with Gasteiger partial charge in [0.15, 0.2) is 0 Å². The van der Waals surface area contributed by atoms with Gasteiger partial charge in [-0.2, -0.15) is 5.10 Å². The zero-order valence-electron chi connectivity index (χ0n) is 16.1. The molecule has 6 heteroatoms. The van der Waals surface area contributed by atoms with Crippen molar-refractivity contribution in [2.45, 2.75) is 6.92 Å². The Morgan fingerprint density at radius 1 is 1.07 bits per heavy atom. The second-order valence-electron chi connectivity index (χ2n) is 6.49. The number of benzene rings is 2. The maximum atomic E-state index is 13.4. The third-order valence-corrected chi connectivity index (χ3v) is 4.70. The highest BCUT2D eigenvalue weighted by atomic mass is 19.1. The monoisotopic (exact) mass is 389 g/mol. The Morgan fingerprint density at radius 2 is 1.79 bits per heavy atom. The first-order chi connectivity index (χ1) is 14.1. The second-order valence-corrected chi connectivity index (χ2v) is 6.49. The van der Waals surface area contributed by atoms with E-state index < -0.39 is 0 Å². The van der Waals surface area contributed by atoms with Crippen molar-refractivity contribution in [3.8, 4) is 28.1 Å². The highest BCUT2D eigenvalue weighted by Crippen LogP contribution is 2.32. The molecule has 0 aliphatic heterocycles. The summed E-state index contributed by atoms with van der Waals surface area (Å²) in [5.74, 6) is 0.197. The number of aromatic nitrogens is 2. The standard InChI is InChI=1S/C23H20FN3O2/c1-3-29-20-7-5-4-6-18(20)16-10-13-19-21(23(28)25-2)22(26-27(19)14-16)15-8-11-17(24)12-9-15/h4-14H,3H2,1-2H3,(H,25,28). The summed E-state index contributed by atoms with van der Waals surface area (Å²) in [5.41, 5.74) is 4.14. The van der Waals surface area contributed by atoms with Crippen LogP contribution in [0.15, 0.2) is 66.9 Å². The van der Waals surface area contributed by atoms with Crippen molar-refractivity contribution < 1.29 is 13.9 Å². The molecule has 0 radical (unpaired) electrons. The first-order valence-electron chi connectivity index (χ1n) is 9.35. The molecule has 0 fully saturated rings. The van der Waals surface area contributed by atoms with Crippen molar-refractivity contribution in [2.75, 3.05) is 13.7 Å². The van der Waals surface area contributed by atoms with Gasteiger partial charge in [0, 0.05) is 29.9 Å². The number of carbonyl (C=O) groups is 1. The maximum Gasteiger partial charge on any atom is 0.255 e. The Bertz CT molecular complexity index is 1180. The smallest absolute Gasteiger partial charge is 0.255 e. The molecule has 0 aliphatic carbocycles. The van der Waals surface area contributed by atoms with Crippen molar-refractivity contribution in [1.29, 1.82) is 0 Å². The zero-order valence-corrected chi connectivity index (χ0v) is 16.1. The fourth-order valence-corrected chi connectivity index (χ4v) is 3.35. The highest BCUT2D eigenvalue weighted by Gasteiger charge is 2.21. The lowest BCUT2D eigenvalue weighted by molar-refractivity contribution is 0.0965. The highest BCUT2D eigenvalue weighted by molar-refractivity contribution is 6.06. The van der Waals surface area contributed by atoms with Crippen molar-refractivity contribution in [3.63, 3.8) is 0 Å². The van der Waals surface area contributed by atoms with Crippen LogP contribution in [0, 0.1) is 5.82 Å². The molecular formula is C23H20FN3O2. The van der Waals surface area contributed by atoms with Crippen LogP contribution >= 0.6 is 0 Å². The summed E-state index contributed by atoms with van der Waals surface area (Å²) in [6, 6.07) is 17.5. The first kappa shape index (κ1) is 18.7. The van der Waals surface area contributed by atoms with E-state index >= 15 is 0 Å². The van der Waals surface area contributed by atoms with Gasteiger partial charge in [-0.05, 0) is 43.3 Å². The van der Waals surface area contributed by atoms with Gasteiger partial charge < -0.3 is 10.1 Å². The minimum atomic E-state index is -0.339. The van der Waals surface area contributed by atoms with Crippen molar-refractivity contribution in [3.05, 3.63) is 78.2 Å². The Balaban J connectivity index is 1.90. The van der Waals surface area contributed by atoms with E-state index in [1.807, 2.05) is 49.5 Å². The molecule has 4 aromatic rings. The number of pyridine rings is 1. The molecule has 1 N–H and O–H groups in total. The summed E-state index contributed by atoms with van der Waals surface area (Å²) in [6.45, 7) is 2.51. The molecule has 146 valence electrons. The average molecular weight is 389 g/mol. The van der Waals surface area contributed by atoms with Gasteiger partial charge in [0.1, 0.15) is 17.3 Å². The predicted octanol–water partition coefficient (Wildman–Crippen LogP) is 4.57. The lowest BCUT2D eigenvalue weighted by Crippen LogP contribution is -2.18. The molecule has 0 atom stereocenters. The van der Waals surface area contributed by atoms with E-state index in [2.05, 4.69) is 10.4 Å². The predicted molar refractivity (Wildman–Crippen MR) is 111 cm³/mol. The van der Waals surface area contributed by atoms with E-state index in [1.165, 1.54) is 12.1 Å². The topological polar surface area (TPSA) is 55.6 Å². The average Bonchev–Trinajstić information content (AvgIpc) is 3.13. The molecule has 2 aromatic heterocycles. The van der Waals surface area contributed by atoms with Gasteiger partial charge in [0.25, 0.3) is 5.91 Å². The first-order valence-corrected chi connectivity index (χ1v) is 9.35. The fraction of sp³-hybridized carbons (Fsp3) is 0.130. The molecule has 2 heterocycles. The minimum Gasteiger partial charge on any atom is -0.493 e. The van der Waals surface area contributed by atoms with E-state index in [0.717, 1.165) is 16.9 Å². The summed E-state index contributed by atoms with van der Waals surface area (Å²) in [4.78, 5) is 12.6. The van der Waals surface area contributed by atoms with Crippen LogP contribution in [0.1, 0.15) is 17.3 Å². The number of para-hydroxylation sites is 1. The molecule has 5 nitrogen and oxygen atoms in total. The van der Waals surface area contributed by atoms with E-state index in [9.17, 15) is 9.18 Å². The van der Waals surface area contributed by atoms with Gasteiger partial charge in [-0.1, -0.05) is 24.3 Å². The largest absolute Gasteiger partial charge is 0.493 e. The van der Waals surface area contributed by atoms with Crippen LogP contribution in [-0.2, 0) is 0 Å². The van der Waals surface area contributed by atoms with E-state index in [1.54, 1.807) is 23.7 Å². The summed E-state index contributed by atoms with van der Waals surface area (Å²) >= 11 is 0. The molecule has 0 spiro atoms. The minimum absolute atomic E-state index is 0.248. The van der Waals surface area contributed by atoms with Gasteiger partial charge in [-0.25, -0.2) is 8.91 Å². The summed E-state index contributed by atoms with van der Waals surface area (Å²) in [6.07, 6.45) is 1.87. The molecule has 1 amide bonds. The van der Waals surface area contributed by atoms with Crippen molar-refractivity contribution in [2.24, 2.45) is 0 Å².